The van der Waals surface area contributed by atoms with Crippen molar-refractivity contribution in [3.8, 4) is 11.5 Å². The number of hydrogen-bond acceptors (Lipinski definition) is 6. The molecule has 0 saturated carbocycles. The highest BCUT2D eigenvalue weighted by molar-refractivity contribution is 5.74. The van der Waals surface area contributed by atoms with Crippen molar-refractivity contribution in [2.75, 3.05) is 21.0 Å². The Morgan fingerprint density at radius 1 is 1.15 bits per heavy atom. The number of methoxy groups -OCH3 is 2. The van der Waals surface area contributed by atoms with Gasteiger partial charge in [-0.2, -0.15) is 0 Å². The lowest BCUT2D eigenvalue weighted by atomic mass is 9.80. The van der Waals surface area contributed by atoms with E-state index in [1.165, 1.54) is 14.0 Å². The third-order valence-corrected chi connectivity index (χ3v) is 4.27. The van der Waals surface area contributed by atoms with Crippen LogP contribution in [0.5, 0.6) is 11.5 Å². The average molecular weight is 366 g/mol. The molecule has 0 radical (unpaired) electrons. The van der Waals surface area contributed by atoms with E-state index in [2.05, 4.69) is 6.92 Å². The number of rotatable bonds is 11. The third kappa shape index (κ3) is 6.33. The van der Waals surface area contributed by atoms with Crippen molar-refractivity contribution in [3.05, 3.63) is 23.8 Å². The number of carbonyl (C=O) groups is 2. The van der Waals surface area contributed by atoms with Crippen LogP contribution in [-0.2, 0) is 19.1 Å². The van der Waals surface area contributed by atoms with E-state index in [9.17, 15) is 9.59 Å². The summed E-state index contributed by atoms with van der Waals surface area (Å²) in [6.45, 7) is 5.52. The van der Waals surface area contributed by atoms with Gasteiger partial charge < -0.3 is 18.9 Å². The van der Waals surface area contributed by atoms with Crippen molar-refractivity contribution >= 4 is 11.9 Å². The number of benzene rings is 1. The first kappa shape index (κ1) is 22.0. The Hall–Kier alpha value is -2.08. The van der Waals surface area contributed by atoms with Gasteiger partial charge in [-0.1, -0.05) is 26.7 Å². The van der Waals surface area contributed by atoms with Gasteiger partial charge >= 0.3 is 11.9 Å². The molecule has 0 N–H and O–H groups in total. The summed E-state index contributed by atoms with van der Waals surface area (Å²) in [6, 6.07) is 5.19. The Morgan fingerprint density at radius 2 is 1.88 bits per heavy atom. The quantitative estimate of drug-likeness (QED) is 0.334. The molecule has 0 spiro atoms. The molecule has 1 aromatic rings. The molecule has 0 fully saturated rings. The molecule has 146 valence electrons. The summed E-state index contributed by atoms with van der Waals surface area (Å²) in [4.78, 5) is 23.7. The van der Waals surface area contributed by atoms with Crippen molar-refractivity contribution in [3.63, 3.8) is 0 Å². The highest BCUT2D eigenvalue weighted by Gasteiger charge is 2.31. The molecule has 0 bridgehead atoms. The van der Waals surface area contributed by atoms with Gasteiger partial charge in [0.15, 0.2) is 6.79 Å². The van der Waals surface area contributed by atoms with Crippen LogP contribution in [0, 0.1) is 5.92 Å². The highest BCUT2D eigenvalue weighted by Crippen LogP contribution is 2.40. The number of ether oxygens (including phenoxy) is 4. The number of hydrogen-bond donors (Lipinski definition) is 0. The number of unbranched alkanes of at least 4 members (excludes halogenated alkanes) is 1. The first-order valence-electron chi connectivity index (χ1n) is 9.00. The van der Waals surface area contributed by atoms with E-state index in [0.29, 0.717) is 17.9 Å². The Morgan fingerprint density at radius 3 is 2.42 bits per heavy atom. The van der Waals surface area contributed by atoms with Gasteiger partial charge in [-0.05, 0) is 31.0 Å². The fourth-order valence-corrected chi connectivity index (χ4v) is 3.06. The first-order valence-corrected chi connectivity index (χ1v) is 9.00. The molecule has 0 aromatic heterocycles. The summed E-state index contributed by atoms with van der Waals surface area (Å²) < 4.78 is 21.0. The molecule has 6 heteroatoms. The van der Waals surface area contributed by atoms with Gasteiger partial charge in [0.2, 0.25) is 0 Å². The predicted molar refractivity (Wildman–Crippen MR) is 98.3 cm³/mol. The lowest BCUT2D eigenvalue weighted by Crippen LogP contribution is -2.24. The molecule has 0 saturated heterocycles. The zero-order valence-corrected chi connectivity index (χ0v) is 16.4. The summed E-state index contributed by atoms with van der Waals surface area (Å²) in [5.74, 6) is -0.000656. The minimum absolute atomic E-state index is 0.0927. The van der Waals surface area contributed by atoms with Gasteiger partial charge in [-0.3, -0.25) is 9.59 Å². The van der Waals surface area contributed by atoms with Crippen molar-refractivity contribution in [1.82, 2.24) is 0 Å². The topological polar surface area (TPSA) is 71.1 Å². The van der Waals surface area contributed by atoms with Crippen LogP contribution in [0.1, 0.15) is 57.9 Å². The maximum Gasteiger partial charge on any atom is 0.309 e. The molecular weight excluding hydrogens is 336 g/mol. The van der Waals surface area contributed by atoms with Crippen molar-refractivity contribution < 1.29 is 28.5 Å². The van der Waals surface area contributed by atoms with Crippen LogP contribution in [0.25, 0.3) is 0 Å². The SMILES string of the molecule is CCCCC(c1cc(OC(C)=O)ccc1OCOC)C(CC)C(=O)OC. The van der Waals surface area contributed by atoms with E-state index in [0.717, 1.165) is 24.8 Å². The van der Waals surface area contributed by atoms with E-state index in [-0.39, 0.29) is 24.6 Å². The number of esters is 2. The smallest absolute Gasteiger partial charge is 0.309 e. The fourth-order valence-electron chi connectivity index (χ4n) is 3.06. The fraction of sp³-hybridized carbons (Fsp3) is 0.600. The number of carbonyl (C=O) groups excluding carboxylic acids is 2. The monoisotopic (exact) mass is 366 g/mol. The summed E-state index contributed by atoms with van der Waals surface area (Å²) in [5.41, 5.74) is 0.825. The van der Waals surface area contributed by atoms with E-state index in [1.807, 2.05) is 6.92 Å². The second kappa shape index (κ2) is 11.5. The molecule has 0 heterocycles. The van der Waals surface area contributed by atoms with Crippen LogP contribution in [0.15, 0.2) is 18.2 Å². The first-order chi connectivity index (χ1) is 12.5. The van der Waals surface area contributed by atoms with E-state index in [1.54, 1.807) is 25.3 Å². The van der Waals surface area contributed by atoms with Gasteiger partial charge in [-0.25, -0.2) is 0 Å². The maximum atomic E-state index is 12.3. The Kier molecular flexibility index (Phi) is 9.73. The predicted octanol–water partition coefficient (Wildman–Crippen LogP) is 4.07. The van der Waals surface area contributed by atoms with Crippen molar-refractivity contribution in [2.24, 2.45) is 5.92 Å². The van der Waals surface area contributed by atoms with Crippen molar-refractivity contribution in [2.45, 2.75) is 52.4 Å². The lowest BCUT2D eigenvalue weighted by molar-refractivity contribution is -0.146. The van der Waals surface area contributed by atoms with Gasteiger partial charge in [0.1, 0.15) is 11.5 Å². The minimum atomic E-state index is -0.397. The second-order valence-electron chi connectivity index (χ2n) is 6.13. The Balaban J connectivity index is 3.36. The molecule has 1 rings (SSSR count). The van der Waals surface area contributed by atoms with Gasteiger partial charge in [0, 0.05) is 25.5 Å². The molecule has 6 nitrogen and oxygen atoms in total. The molecule has 0 aliphatic carbocycles. The Bertz CT molecular complexity index is 584. The maximum absolute atomic E-state index is 12.3. The summed E-state index contributed by atoms with van der Waals surface area (Å²) in [7, 11) is 2.95. The molecule has 0 amide bonds. The van der Waals surface area contributed by atoms with Crippen LogP contribution >= 0.6 is 0 Å². The molecule has 1 aromatic carbocycles. The largest absolute Gasteiger partial charge is 0.469 e. The van der Waals surface area contributed by atoms with Crippen LogP contribution in [0.3, 0.4) is 0 Å². The van der Waals surface area contributed by atoms with Gasteiger partial charge in [0.05, 0.1) is 13.0 Å². The van der Waals surface area contributed by atoms with E-state index >= 15 is 0 Å². The van der Waals surface area contributed by atoms with Crippen LogP contribution < -0.4 is 9.47 Å². The molecule has 2 unspecified atom stereocenters. The minimum Gasteiger partial charge on any atom is -0.469 e. The summed E-state index contributed by atoms with van der Waals surface area (Å²) in [6.07, 6.45) is 3.41. The molecule has 0 aliphatic heterocycles. The van der Waals surface area contributed by atoms with Gasteiger partial charge in [0.25, 0.3) is 0 Å². The molecular formula is C20H30O6. The van der Waals surface area contributed by atoms with Crippen LogP contribution in [0.2, 0.25) is 0 Å². The zero-order valence-electron chi connectivity index (χ0n) is 16.4. The summed E-state index contributed by atoms with van der Waals surface area (Å²) >= 11 is 0. The van der Waals surface area contributed by atoms with Gasteiger partial charge in [-0.15, -0.1) is 0 Å². The highest BCUT2D eigenvalue weighted by atomic mass is 16.7. The molecule has 26 heavy (non-hydrogen) atoms. The van der Waals surface area contributed by atoms with E-state index < -0.39 is 5.97 Å². The van der Waals surface area contributed by atoms with Crippen molar-refractivity contribution in [1.29, 1.82) is 0 Å². The molecule has 0 aliphatic rings. The van der Waals surface area contributed by atoms with Crippen LogP contribution in [-0.4, -0.2) is 33.0 Å². The van der Waals surface area contributed by atoms with Crippen LogP contribution in [0.4, 0.5) is 0 Å². The Labute approximate surface area is 155 Å². The normalized spacial score (nSPS) is 13.0. The third-order valence-electron chi connectivity index (χ3n) is 4.27. The summed E-state index contributed by atoms with van der Waals surface area (Å²) in [5, 5.41) is 0. The lowest BCUT2D eigenvalue weighted by Gasteiger charge is -2.27. The zero-order chi connectivity index (χ0) is 19.5. The standard InChI is InChI=1S/C20H30O6/c1-6-8-9-17(16(7-2)20(22)24-5)18-12-15(26-14(3)21)10-11-19(18)25-13-23-4/h10-12,16-17H,6-9,13H2,1-5H3. The van der Waals surface area contributed by atoms with E-state index in [4.69, 9.17) is 18.9 Å². The molecule has 2 atom stereocenters. The average Bonchev–Trinajstić information content (AvgIpc) is 2.63. The second-order valence-corrected chi connectivity index (χ2v) is 6.13.